The van der Waals surface area contributed by atoms with Crippen molar-refractivity contribution >= 4 is 15.8 Å². The summed E-state index contributed by atoms with van der Waals surface area (Å²) in [5.41, 5.74) is 0.597. The fraction of sp³-hybridized carbons (Fsp3) is 0.0833. The summed E-state index contributed by atoms with van der Waals surface area (Å²) < 4.78 is 52.4. The summed E-state index contributed by atoms with van der Waals surface area (Å²) in [4.78, 5) is 3.18. The highest BCUT2D eigenvalue weighted by Gasteiger charge is 2.21. The Morgan fingerprint density at radius 1 is 1.11 bits per heavy atom. The zero-order chi connectivity index (χ0) is 14.0. The molecule has 19 heavy (non-hydrogen) atoms. The molecule has 0 spiro atoms. The van der Waals surface area contributed by atoms with Crippen LogP contribution in [-0.4, -0.2) is 13.4 Å². The van der Waals surface area contributed by atoms with E-state index in [4.69, 9.17) is 0 Å². The quantitative estimate of drug-likeness (QED) is 0.942. The number of halogens is 2. The van der Waals surface area contributed by atoms with Crippen molar-refractivity contribution in [3.8, 4) is 0 Å². The zero-order valence-electron chi connectivity index (χ0n) is 9.89. The number of rotatable bonds is 3. The number of sulfonamides is 1. The van der Waals surface area contributed by atoms with Gasteiger partial charge in [-0.15, -0.1) is 0 Å². The van der Waals surface area contributed by atoms with Crippen LogP contribution in [0.2, 0.25) is 0 Å². The van der Waals surface area contributed by atoms with Gasteiger partial charge < -0.3 is 0 Å². The summed E-state index contributed by atoms with van der Waals surface area (Å²) in [7, 11) is -4.21. The van der Waals surface area contributed by atoms with Crippen LogP contribution in [0.3, 0.4) is 0 Å². The molecule has 0 atom stereocenters. The van der Waals surface area contributed by atoms with Gasteiger partial charge in [-0.25, -0.2) is 22.2 Å². The van der Waals surface area contributed by atoms with E-state index in [1.54, 1.807) is 19.1 Å². The van der Waals surface area contributed by atoms with E-state index in [0.717, 1.165) is 18.2 Å². The third-order valence-corrected chi connectivity index (χ3v) is 3.71. The average Bonchev–Trinajstić information content (AvgIpc) is 2.32. The van der Waals surface area contributed by atoms with E-state index in [1.165, 1.54) is 6.07 Å². The van der Waals surface area contributed by atoms with Crippen LogP contribution < -0.4 is 4.72 Å². The molecule has 1 heterocycles. The Hall–Kier alpha value is -2.02. The van der Waals surface area contributed by atoms with Gasteiger partial charge in [0, 0.05) is 5.69 Å². The number of hydrogen-bond donors (Lipinski definition) is 1. The van der Waals surface area contributed by atoms with Gasteiger partial charge in [0.15, 0.2) is 11.6 Å². The molecule has 0 saturated heterocycles. The molecule has 0 aliphatic carbocycles. The maximum atomic E-state index is 13.5. The fourth-order valence-electron chi connectivity index (χ4n) is 1.48. The van der Waals surface area contributed by atoms with E-state index >= 15 is 0 Å². The van der Waals surface area contributed by atoms with Crippen molar-refractivity contribution in [2.75, 3.05) is 4.72 Å². The SMILES string of the molecule is Cc1cccc(NS(=O)(=O)c2cccc(F)c2F)n1. The van der Waals surface area contributed by atoms with Crippen molar-refractivity contribution < 1.29 is 17.2 Å². The molecule has 0 amide bonds. The van der Waals surface area contributed by atoms with Gasteiger partial charge in [0.2, 0.25) is 0 Å². The van der Waals surface area contributed by atoms with E-state index < -0.39 is 26.6 Å². The second kappa shape index (κ2) is 4.93. The Labute approximate surface area is 109 Å². The minimum absolute atomic E-state index is 0.0451. The van der Waals surface area contributed by atoms with Gasteiger partial charge in [0.05, 0.1) is 0 Å². The van der Waals surface area contributed by atoms with Crippen molar-refractivity contribution in [2.45, 2.75) is 11.8 Å². The number of benzene rings is 1. The first-order chi connectivity index (χ1) is 8.90. The summed E-state index contributed by atoms with van der Waals surface area (Å²) in [5.74, 6) is -2.59. The number of pyridine rings is 1. The lowest BCUT2D eigenvalue weighted by Crippen LogP contribution is -2.16. The van der Waals surface area contributed by atoms with Crippen LogP contribution in [0.25, 0.3) is 0 Å². The molecule has 0 saturated carbocycles. The second-order valence-electron chi connectivity index (χ2n) is 3.82. The number of nitrogens with zero attached hydrogens (tertiary/aromatic N) is 1. The molecule has 2 rings (SSSR count). The fourth-order valence-corrected chi connectivity index (χ4v) is 2.57. The first kappa shape index (κ1) is 13.4. The van der Waals surface area contributed by atoms with Crippen molar-refractivity contribution in [1.29, 1.82) is 0 Å². The van der Waals surface area contributed by atoms with Crippen LogP contribution in [0.15, 0.2) is 41.3 Å². The minimum atomic E-state index is -4.21. The molecule has 4 nitrogen and oxygen atoms in total. The lowest BCUT2D eigenvalue weighted by atomic mass is 10.3. The molecule has 1 N–H and O–H groups in total. The minimum Gasteiger partial charge on any atom is -0.263 e. The second-order valence-corrected chi connectivity index (χ2v) is 5.47. The van der Waals surface area contributed by atoms with Gasteiger partial charge in [-0.1, -0.05) is 12.1 Å². The molecule has 0 aliphatic rings. The number of nitrogens with one attached hydrogen (secondary N) is 1. The number of aryl methyl sites for hydroxylation is 1. The van der Waals surface area contributed by atoms with Crippen LogP contribution in [0.4, 0.5) is 14.6 Å². The van der Waals surface area contributed by atoms with E-state index in [-0.39, 0.29) is 5.82 Å². The molecule has 100 valence electrons. The highest BCUT2D eigenvalue weighted by atomic mass is 32.2. The van der Waals surface area contributed by atoms with Crippen LogP contribution >= 0.6 is 0 Å². The summed E-state index contributed by atoms with van der Waals surface area (Å²) in [6, 6.07) is 7.65. The molecule has 0 fully saturated rings. The maximum absolute atomic E-state index is 13.5. The number of aromatic nitrogens is 1. The Bertz CT molecular complexity index is 717. The topological polar surface area (TPSA) is 59.1 Å². The first-order valence-electron chi connectivity index (χ1n) is 5.30. The van der Waals surface area contributed by atoms with Gasteiger partial charge in [0.1, 0.15) is 10.7 Å². The van der Waals surface area contributed by atoms with Gasteiger partial charge >= 0.3 is 0 Å². The Kier molecular flexibility index (Phi) is 3.48. The third-order valence-electron chi connectivity index (χ3n) is 2.33. The molecular weight excluding hydrogens is 274 g/mol. The molecule has 0 aliphatic heterocycles. The highest BCUT2D eigenvalue weighted by Crippen LogP contribution is 2.19. The maximum Gasteiger partial charge on any atom is 0.266 e. The molecule has 0 bridgehead atoms. The van der Waals surface area contributed by atoms with Crippen LogP contribution in [0.1, 0.15) is 5.69 Å². The predicted molar refractivity (Wildman–Crippen MR) is 66.1 cm³/mol. The Morgan fingerprint density at radius 3 is 2.47 bits per heavy atom. The van der Waals surface area contributed by atoms with Gasteiger partial charge in [-0.3, -0.25) is 4.72 Å². The van der Waals surface area contributed by atoms with E-state index in [0.29, 0.717) is 5.69 Å². The lowest BCUT2D eigenvalue weighted by Gasteiger charge is -2.08. The van der Waals surface area contributed by atoms with E-state index in [2.05, 4.69) is 9.71 Å². The summed E-state index contributed by atoms with van der Waals surface area (Å²) in [6.45, 7) is 1.68. The Morgan fingerprint density at radius 2 is 1.79 bits per heavy atom. The van der Waals surface area contributed by atoms with Crippen molar-refractivity contribution in [3.63, 3.8) is 0 Å². The van der Waals surface area contributed by atoms with Crippen molar-refractivity contribution in [1.82, 2.24) is 4.98 Å². The summed E-state index contributed by atoms with van der Waals surface area (Å²) >= 11 is 0. The molecule has 0 radical (unpaired) electrons. The van der Waals surface area contributed by atoms with Crippen LogP contribution in [-0.2, 0) is 10.0 Å². The predicted octanol–water partition coefficient (Wildman–Crippen LogP) is 2.47. The third kappa shape index (κ3) is 2.87. The van der Waals surface area contributed by atoms with E-state index in [1.807, 2.05) is 0 Å². The highest BCUT2D eigenvalue weighted by molar-refractivity contribution is 7.92. The number of hydrogen-bond acceptors (Lipinski definition) is 3. The molecule has 7 heteroatoms. The molecule has 1 aromatic heterocycles. The summed E-state index contributed by atoms with van der Waals surface area (Å²) in [6.07, 6.45) is 0. The van der Waals surface area contributed by atoms with Crippen molar-refractivity contribution in [2.24, 2.45) is 0 Å². The van der Waals surface area contributed by atoms with Gasteiger partial charge in [0.25, 0.3) is 10.0 Å². The molecular formula is C12H10F2N2O2S. The van der Waals surface area contributed by atoms with Gasteiger partial charge in [-0.2, -0.15) is 0 Å². The largest absolute Gasteiger partial charge is 0.266 e. The van der Waals surface area contributed by atoms with Crippen LogP contribution in [0.5, 0.6) is 0 Å². The molecule has 1 aromatic carbocycles. The van der Waals surface area contributed by atoms with Crippen molar-refractivity contribution in [3.05, 3.63) is 53.7 Å². The lowest BCUT2D eigenvalue weighted by molar-refractivity contribution is 0.485. The zero-order valence-corrected chi connectivity index (χ0v) is 10.7. The normalized spacial score (nSPS) is 11.3. The number of anilines is 1. The van der Waals surface area contributed by atoms with E-state index in [9.17, 15) is 17.2 Å². The summed E-state index contributed by atoms with van der Waals surface area (Å²) in [5, 5.41) is 0. The smallest absolute Gasteiger partial charge is 0.263 e. The standard InChI is InChI=1S/C12H10F2N2O2S/c1-8-4-2-7-11(15-8)16-19(17,18)10-6-3-5-9(13)12(10)14/h2-7H,1H3,(H,15,16). The molecule has 2 aromatic rings. The molecule has 0 unspecified atom stereocenters. The Balaban J connectivity index is 2.41. The first-order valence-corrected chi connectivity index (χ1v) is 6.79. The monoisotopic (exact) mass is 284 g/mol. The average molecular weight is 284 g/mol. The van der Waals surface area contributed by atoms with Crippen LogP contribution in [0, 0.1) is 18.6 Å². The van der Waals surface area contributed by atoms with Gasteiger partial charge in [-0.05, 0) is 31.2 Å².